The third kappa shape index (κ3) is 4.93. The van der Waals surface area contributed by atoms with Crippen molar-refractivity contribution in [3.63, 3.8) is 0 Å². The summed E-state index contributed by atoms with van der Waals surface area (Å²) in [4.78, 5) is 34.2. The number of benzene rings is 2. The quantitative estimate of drug-likeness (QED) is 0.548. The van der Waals surface area contributed by atoms with Gasteiger partial charge in [-0.05, 0) is 37.6 Å². The number of amides is 2. The minimum absolute atomic E-state index is 0.0765. The van der Waals surface area contributed by atoms with Crippen LogP contribution in [-0.4, -0.2) is 23.3 Å². The Morgan fingerprint density at radius 1 is 1.12 bits per heavy atom. The number of carbonyl (C=O) groups excluding carboxylic acids is 2. The molecule has 0 bridgehead atoms. The van der Waals surface area contributed by atoms with Crippen LogP contribution in [0.15, 0.2) is 36.4 Å². The molecule has 3 N–H and O–H groups in total. The zero-order valence-electron chi connectivity index (χ0n) is 14.1. The molecule has 0 radical (unpaired) electrons. The lowest BCUT2D eigenvalue weighted by Gasteiger charge is -2.11. The number of carbonyl (C=O) groups is 2. The maximum absolute atomic E-state index is 12.1. The SMILES string of the molecule is Cc1ccc(NCC(=O)NNC(=O)c2ccc(Cl)cc2[N+](=O)[O-])c(C)c1. The maximum Gasteiger partial charge on any atom is 0.283 e. The first-order valence-electron chi connectivity index (χ1n) is 7.62. The van der Waals surface area contributed by atoms with E-state index in [1.807, 2.05) is 32.0 Å². The number of nitrogens with zero attached hydrogens (tertiary/aromatic N) is 1. The van der Waals surface area contributed by atoms with Crippen LogP contribution >= 0.6 is 11.6 Å². The molecule has 8 nitrogen and oxygen atoms in total. The minimum atomic E-state index is -0.812. The van der Waals surface area contributed by atoms with E-state index in [0.717, 1.165) is 22.9 Å². The van der Waals surface area contributed by atoms with Crippen molar-refractivity contribution in [3.8, 4) is 0 Å². The van der Waals surface area contributed by atoms with E-state index in [1.54, 1.807) is 0 Å². The van der Waals surface area contributed by atoms with Crippen LogP contribution < -0.4 is 16.2 Å². The highest BCUT2D eigenvalue weighted by molar-refractivity contribution is 6.31. The molecule has 26 heavy (non-hydrogen) atoms. The molecule has 2 amide bonds. The lowest BCUT2D eigenvalue weighted by molar-refractivity contribution is -0.385. The average Bonchev–Trinajstić information content (AvgIpc) is 2.58. The predicted molar refractivity (Wildman–Crippen MR) is 98.1 cm³/mol. The van der Waals surface area contributed by atoms with Crippen LogP contribution in [0.1, 0.15) is 21.5 Å². The molecule has 2 aromatic carbocycles. The lowest BCUT2D eigenvalue weighted by Crippen LogP contribution is -2.44. The van der Waals surface area contributed by atoms with Crippen LogP contribution in [0.25, 0.3) is 0 Å². The zero-order chi connectivity index (χ0) is 19.3. The average molecular weight is 377 g/mol. The fraction of sp³-hybridized carbons (Fsp3) is 0.176. The van der Waals surface area contributed by atoms with E-state index in [0.29, 0.717) is 0 Å². The van der Waals surface area contributed by atoms with Gasteiger partial charge in [-0.1, -0.05) is 29.3 Å². The number of hydrogen-bond donors (Lipinski definition) is 3. The maximum atomic E-state index is 12.1. The third-order valence-electron chi connectivity index (χ3n) is 3.54. The molecule has 0 saturated heterocycles. The molecule has 0 aliphatic rings. The highest BCUT2D eigenvalue weighted by Gasteiger charge is 2.20. The van der Waals surface area contributed by atoms with Gasteiger partial charge in [0, 0.05) is 16.8 Å². The number of nitrogens with one attached hydrogen (secondary N) is 3. The fourth-order valence-electron chi connectivity index (χ4n) is 2.27. The van der Waals surface area contributed by atoms with Gasteiger partial charge in [-0.25, -0.2) is 0 Å². The zero-order valence-corrected chi connectivity index (χ0v) is 14.9. The number of anilines is 1. The van der Waals surface area contributed by atoms with Gasteiger partial charge >= 0.3 is 0 Å². The second kappa shape index (κ2) is 8.30. The first kappa shape index (κ1) is 19.2. The van der Waals surface area contributed by atoms with Crippen LogP contribution in [0.2, 0.25) is 5.02 Å². The van der Waals surface area contributed by atoms with E-state index in [9.17, 15) is 19.7 Å². The molecular weight excluding hydrogens is 360 g/mol. The smallest absolute Gasteiger partial charge is 0.283 e. The second-order valence-electron chi connectivity index (χ2n) is 5.59. The summed E-state index contributed by atoms with van der Waals surface area (Å²) in [5.41, 5.74) is 6.59. The number of nitro groups is 1. The van der Waals surface area contributed by atoms with Gasteiger partial charge in [0.25, 0.3) is 17.5 Å². The van der Waals surface area contributed by atoms with E-state index in [1.165, 1.54) is 12.1 Å². The molecule has 2 aromatic rings. The first-order chi connectivity index (χ1) is 12.3. The van der Waals surface area contributed by atoms with E-state index in [2.05, 4.69) is 16.2 Å². The number of hydrogen-bond acceptors (Lipinski definition) is 5. The van der Waals surface area contributed by atoms with Gasteiger partial charge in [0.1, 0.15) is 5.56 Å². The van der Waals surface area contributed by atoms with Crippen molar-refractivity contribution in [1.82, 2.24) is 10.9 Å². The third-order valence-corrected chi connectivity index (χ3v) is 3.77. The molecule has 0 aliphatic carbocycles. The van der Waals surface area contributed by atoms with Crippen molar-refractivity contribution in [1.29, 1.82) is 0 Å². The van der Waals surface area contributed by atoms with Gasteiger partial charge in [0.2, 0.25) is 0 Å². The van der Waals surface area contributed by atoms with E-state index < -0.39 is 22.4 Å². The van der Waals surface area contributed by atoms with E-state index in [4.69, 9.17) is 11.6 Å². The highest BCUT2D eigenvalue weighted by Crippen LogP contribution is 2.22. The van der Waals surface area contributed by atoms with Gasteiger partial charge in [0.05, 0.1) is 11.5 Å². The monoisotopic (exact) mass is 376 g/mol. The molecule has 0 aromatic heterocycles. The largest absolute Gasteiger partial charge is 0.376 e. The molecule has 9 heteroatoms. The first-order valence-corrected chi connectivity index (χ1v) is 8.00. The Labute approximate surface area is 154 Å². The van der Waals surface area contributed by atoms with Gasteiger partial charge in [-0.3, -0.25) is 30.6 Å². The Kier molecular flexibility index (Phi) is 6.13. The minimum Gasteiger partial charge on any atom is -0.376 e. The number of rotatable bonds is 5. The summed E-state index contributed by atoms with van der Waals surface area (Å²) in [7, 11) is 0. The van der Waals surface area contributed by atoms with E-state index in [-0.39, 0.29) is 17.1 Å². The molecule has 0 fully saturated rings. The standard InChI is InChI=1S/C17H17ClN4O4/c1-10-3-6-14(11(2)7-10)19-9-16(23)20-21-17(24)13-5-4-12(18)8-15(13)22(25)26/h3-8,19H,9H2,1-2H3,(H,20,23)(H,21,24). The fourth-order valence-corrected chi connectivity index (χ4v) is 2.44. The van der Waals surface area contributed by atoms with Crippen molar-refractivity contribution in [2.75, 3.05) is 11.9 Å². The molecular formula is C17H17ClN4O4. The van der Waals surface area contributed by atoms with Gasteiger partial charge in [-0.2, -0.15) is 0 Å². The molecule has 0 heterocycles. The summed E-state index contributed by atoms with van der Waals surface area (Å²) >= 11 is 5.70. The van der Waals surface area contributed by atoms with Crippen LogP contribution in [0.3, 0.4) is 0 Å². The summed E-state index contributed by atoms with van der Waals surface area (Å²) in [6.45, 7) is 3.80. The van der Waals surface area contributed by atoms with E-state index >= 15 is 0 Å². The van der Waals surface area contributed by atoms with Crippen LogP contribution in [0, 0.1) is 24.0 Å². The molecule has 0 atom stereocenters. The summed E-state index contributed by atoms with van der Waals surface area (Å²) in [5, 5.41) is 14.1. The summed E-state index contributed by atoms with van der Waals surface area (Å²) < 4.78 is 0. The molecule has 0 saturated carbocycles. The Balaban J connectivity index is 1.93. The number of hydrazine groups is 1. The Morgan fingerprint density at radius 2 is 1.85 bits per heavy atom. The Hall–Kier alpha value is -3.13. The van der Waals surface area contributed by atoms with Crippen LogP contribution in [0.5, 0.6) is 0 Å². The van der Waals surface area contributed by atoms with Crippen molar-refractivity contribution in [3.05, 3.63) is 68.2 Å². The normalized spacial score (nSPS) is 10.1. The Morgan fingerprint density at radius 3 is 2.50 bits per heavy atom. The van der Waals surface area contributed by atoms with Crippen LogP contribution in [0.4, 0.5) is 11.4 Å². The van der Waals surface area contributed by atoms with Crippen molar-refractivity contribution in [2.24, 2.45) is 0 Å². The lowest BCUT2D eigenvalue weighted by atomic mass is 10.1. The molecule has 136 valence electrons. The van der Waals surface area contributed by atoms with Crippen molar-refractivity contribution < 1.29 is 14.5 Å². The summed E-state index contributed by atoms with van der Waals surface area (Å²) in [5.74, 6) is -1.32. The molecule has 2 rings (SSSR count). The van der Waals surface area contributed by atoms with Gasteiger partial charge in [-0.15, -0.1) is 0 Å². The van der Waals surface area contributed by atoms with Crippen LogP contribution in [-0.2, 0) is 4.79 Å². The summed E-state index contributed by atoms with van der Waals surface area (Å²) in [6, 6.07) is 9.38. The number of halogens is 1. The number of aryl methyl sites for hydroxylation is 2. The van der Waals surface area contributed by atoms with Gasteiger partial charge in [0.15, 0.2) is 0 Å². The van der Waals surface area contributed by atoms with Crippen molar-refractivity contribution >= 4 is 34.8 Å². The summed E-state index contributed by atoms with van der Waals surface area (Å²) in [6.07, 6.45) is 0. The van der Waals surface area contributed by atoms with Gasteiger partial charge < -0.3 is 5.32 Å². The van der Waals surface area contributed by atoms with Crippen molar-refractivity contribution in [2.45, 2.75) is 13.8 Å². The predicted octanol–water partition coefficient (Wildman–Crippen LogP) is 2.74. The molecule has 0 unspecified atom stereocenters. The highest BCUT2D eigenvalue weighted by atomic mass is 35.5. The second-order valence-corrected chi connectivity index (χ2v) is 6.03. The molecule has 0 aliphatic heterocycles. The topological polar surface area (TPSA) is 113 Å². The molecule has 0 spiro atoms. The number of nitro benzene ring substituents is 1. The Bertz CT molecular complexity index is 870.